The largest absolute Gasteiger partial charge is 0.460 e. The summed E-state index contributed by atoms with van der Waals surface area (Å²) in [5.41, 5.74) is -0.536. The van der Waals surface area contributed by atoms with E-state index in [1.165, 1.54) is 0 Å². The fourth-order valence-electron chi connectivity index (χ4n) is 2.11. The molecule has 0 aromatic carbocycles. The molecule has 1 rings (SSSR count). The van der Waals surface area contributed by atoms with E-state index in [1.54, 1.807) is 0 Å². The fraction of sp³-hybridized carbons (Fsp3) is 0.857. The second kappa shape index (κ2) is 5.80. The van der Waals surface area contributed by atoms with Crippen molar-refractivity contribution in [2.75, 3.05) is 0 Å². The molecule has 5 nitrogen and oxygen atoms in total. The third kappa shape index (κ3) is 4.73. The van der Waals surface area contributed by atoms with Gasteiger partial charge in [-0.15, -0.1) is 0 Å². The van der Waals surface area contributed by atoms with Crippen LogP contribution in [0.3, 0.4) is 0 Å². The number of esters is 1. The number of cyclic esters (lactones) is 1. The van der Waals surface area contributed by atoms with Crippen molar-refractivity contribution in [3.8, 4) is 0 Å². The minimum Gasteiger partial charge on any atom is -0.460 e. The van der Waals surface area contributed by atoms with E-state index in [0.717, 1.165) is 0 Å². The van der Waals surface area contributed by atoms with E-state index in [2.05, 4.69) is 5.32 Å². The fourth-order valence-corrected chi connectivity index (χ4v) is 2.11. The van der Waals surface area contributed by atoms with E-state index in [-0.39, 0.29) is 30.0 Å². The molecular weight excluding hydrogens is 246 g/mol. The zero-order chi connectivity index (χ0) is 14.8. The maximum absolute atomic E-state index is 11.8. The van der Waals surface area contributed by atoms with E-state index in [9.17, 15) is 9.59 Å². The lowest BCUT2D eigenvalue weighted by Gasteiger charge is -2.28. The van der Waals surface area contributed by atoms with Gasteiger partial charge in [-0.05, 0) is 33.1 Å². The highest BCUT2D eigenvalue weighted by Crippen LogP contribution is 2.26. The highest BCUT2D eigenvalue weighted by molar-refractivity contribution is 5.74. The first kappa shape index (κ1) is 15.8. The Balaban J connectivity index is 2.64. The summed E-state index contributed by atoms with van der Waals surface area (Å²) in [6, 6.07) is -0.219. The molecule has 1 amide bonds. The van der Waals surface area contributed by atoms with E-state index in [4.69, 9.17) is 9.47 Å². The first-order chi connectivity index (χ1) is 8.60. The van der Waals surface area contributed by atoms with E-state index in [1.807, 2.05) is 41.5 Å². The predicted molar refractivity (Wildman–Crippen MR) is 71.7 cm³/mol. The lowest BCUT2D eigenvalue weighted by Crippen LogP contribution is -2.48. The number of hydrogen-bond donors (Lipinski definition) is 1. The molecule has 0 radical (unpaired) electrons. The summed E-state index contributed by atoms with van der Waals surface area (Å²) >= 11 is 0. The van der Waals surface area contributed by atoms with Gasteiger partial charge in [0.25, 0.3) is 0 Å². The molecule has 1 aliphatic rings. The van der Waals surface area contributed by atoms with Crippen LogP contribution in [-0.4, -0.2) is 29.8 Å². The van der Waals surface area contributed by atoms with Gasteiger partial charge in [0.1, 0.15) is 11.7 Å². The summed E-state index contributed by atoms with van der Waals surface area (Å²) in [5.74, 6) is -0.135. The zero-order valence-corrected chi connectivity index (χ0v) is 12.6. The summed E-state index contributed by atoms with van der Waals surface area (Å²) in [6.07, 6.45) is -0.103. The van der Waals surface area contributed by atoms with Gasteiger partial charge in [-0.3, -0.25) is 4.79 Å². The van der Waals surface area contributed by atoms with Gasteiger partial charge in [0.2, 0.25) is 0 Å². The van der Waals surface area contributed by atoms with Crippen molar-refractivity contribution >= 4 is 12.1 Å². The number of alkyl carbamates (subject to hydrolysis) is 1. The van der Waals surface area contributed by atoms with Crippen molar-refractivity contribution in [1.29, 1.82) is 0 Å². The molecule has 0 bridgehead atoms. The predicted octanol–water partition coefficient (Wildman–Crippen LogP) is 2.49. The standard InChI is InChI=1S/C14H25NO4/c1-8(2)11(10-7-9(3)12(16)18-10)15-13(17)19-14(4,5)6/h8-11H,7H2,1-6H3,(H,15,17)/t9-,10-,11-/m0/s1. The van der Waals surface area contributed by atoms with Gasteiger partial charge >= 0.3 is 12.1 Å². The third-order valence-corrected chi connectivity index (χ3v) is 3.06. The average Bonchev–Trinajstić information content (AvgIpc) is 2.52. The summed E-state index contributed by atoms with van der Waals surface area (Å²) in [5, 5.41) is 2.82. The second-order valence-electron chi connectivity index (χ2n) is 6.53. The van der Waals surface area contributed by atoms with Crippen LogP contribution in [0.1, 0.15) is 48.0 Å². The first-order valence-electron chi connectivity index (χ1n) is 6.80. The van der Waals surface area contributed by atoms with Crippen LogP contribution in [0.2, 0.25) is 0 Å². The van der Waals surface area contributed by atoms with Crippen LogP contribution >= 0.6 is 0 Å². The van der Waals surface area contributed by atoms with Crippen LogP contribution in [0.25, 0.3) is 0 Å². The van der Waals surface area contributed by atoms with Crippen LogP contribution in [0.5, 0.6) is 0 Å². The van der Waals surface area contributed by atoms with Crippen LogP contribution in [0.4, 0.5) is 4.79 Å². The summed E-state index contributed by atoms with van der Waals surface area (Å²) in [7, 11) is 0. The van der Waals surface area contributed by atoms with Crippen molar-refractivity contribution in [3.63, 3.8) is 0 Å². The minimum atomic E-state index is -0.536. The highest BCUT2D eigenvalue weighted by Gasteiger charge is 2.38. The Morgan fingerprint density at radius 1 is 1.42 bits per heavy atom. The summed E-state index contributed by atoms with van der Waals surface area (Å²) < 4.78 is 10.6. The van der Waals surface area contributed by atoms with Gasteiger partial charge in [0.15, 0.2) is 0 Å². The second-order valence-corrected chi connectivity index (χ2v) is 6.53. The monoisotopic (exact) mass is 271 g/mol. The van der Waals surface area contributed by atoms with Gasteiger partial charge in [0.05, 0.1) is 12.0 Å². The molecule has 1 N–H and O–H groups in total. The quantitative estimate of drug-likeness (QED) is 0.801. The number of nitrogens with one attached hydrogen (secondary N) is 1. The van der Waals surface area contributed by atoms with E-state index < -0.39 is 11.7 Å². The molecular formula is C14H25NO4. The maximum Gasteiger partial charge on any atom is 0.408 e. The van der Waals surface area contributed by atoms with Crippen molar-refractivity contribution in [1.82, 2.24) is 5.32 Å². The van der Waals surface area contributed by atoms with Crippen molar-refractivity contribution in [2.24, 2.45) is 11.8 Å². The Labute approximate surface area is 115 Å². The van der Waals surface area contributed by atoms with Crippen LogP contribution in [-0.2, 0) is 14.3 Å². The maximum atomic E-state index is 11.8. The Kier molecular flexibility index (Phi) is 4.82. The number of carbonyl (C=O) groups is 2. The molecule has 1 aliphatic heterocycles. The summed E-state index contributed by atoms with van der Waals surface area (Å²) in [4.78, 5) is 23.3. The Morgan fingerprint density at radius 3 is 2.37 bits per heavy atom. The molecule has 3 atom stereocenters. The molecule has 1 heterocycles. The minimum absolute atomic E-state index is 0.105. The van der Waals surface area contributed by atoms with E-state index in [0.29, 0.717) is 6.42 Å². The number of hydrogen-bond acceptors (Lipinski definition) is 4. The smallest absolute Gasteiger partial charge is 0.408 e. The normalized spacial score (nSPS) is 25.1. The highest BCUT2D eigenvalue weighted by atomic mass is 16.6. The molecule has 0 aliphatic carbocycles. The zero-order valence-electron chi connectivity index (χ0n) is 12.6. The third-order valence-electron chi connectivity index (χ3n) is 3.06. The van der Waals surface area contributed by atoms with Gasteiger partial charge in [-0.25, -0.2) is 4.79 Å². The Morgan fingerprint density at radius 2 is 2.00 bits per heavy atom. The van der Waals surface area contributed by atoms with Gasteiger partial charge in [0, 0.05) is 0 Å². The number of amides is 1. The molecule has 0 aromatic heterocycles. The molecule has 0 unspecified atom stereocenters. The molecule has 0 spiro atoms. The van der Waals surface area contributed by atoms with Crippen LogP contribution in [0.15, 0.2) is 0 Å². The molecule has 1 fully saturated rings. The van der Waals surface area contributed by atoms with Crippen molar-refractivity contribution in [2.45, 2.75) is 65.7 Å². The van der Waals surface area contributed by atoms with Gasteiger partial charge in [-0.2, -0.15) is 0 Å². The number of rotatable bonds is 3. The lowest BCUT2D eigenvalue weighted by molar-refractivity contribution is -0.145. The van der Waals surface area contributed by atoms with Gasteiger partial charge in [-0.1, -0.05) is 20.8 Å². The molecule has 110 valence electrons. The first-order valence-corrected chi connectivity index (χ1v) is 6.80. The van der Waals surface area contributed by atoms with E-state index >= 15 is 0 Å². The number of ether oxygens (including phenoxy) is 2. The molecule has 0 aromatic rings. The molecule has 0 saturated carbocycles. The Bertz CT molecular complexity index is 346. The van der Waals surface area contributed by atoms with Crippen LogP contribution in [0, 0.1) is 11.8 Å². The average molecular weight is 271 g/mol. The molecule has 5 heteroatoms. The van der Waals surface area contributed by atoms with Crippen LogP contribution < -0.4 is 5.32 Å². The SMILES string of the molecule is CC(C)[C@H](NC(=O)OC(C)(C)C)[C@@H]1C[C@H](C)C(=O)O1. The molecule has 1 saturated heterocycles. The Hall–Kier alpha value is -1.26. The molecule has 19 heavy (non-hydrogen) atoms. The van der Waals surface area contributed by atoms with Gasteiger partial charge < -0.3 is 14.8 Å². The summed E-state index contributed by atoms with van der Waals surface area (Å²) in [6.45, 7) is 11.3. The number of carbonyl (C=O) groups excluding carboxylic acids is 2. The van der Waals surface area contributed by atoms with Crippen molar-refractivity contribution in [3.05, 3.63) is 0 Å². The topological polar surface area (TPSA) is 64.6 Å². The lowest BCUT2D eigenvalue weighted by atomic mass is 9.94. The van der Waals surface area contributed by atoms with Crippen molar-refractivity contribution < 1.29 is 19.1 Å².